The summed E-state index contributed by atoms with van der Waals surface area (Å²) in [6, 6.07) is 18.3. The molecule has 30 heavy (non-hydrogen) atoms. The molecule has 2 amide bonds. The van der Waals surface area contributed by atoms with E-state index in [2.05, 4.69) is 5.32 Å². The number of aryl methyl sites for hydroxylation is 1. The molecule has 1 N–H and O–H groups in total. The van der Waals surface area contributed by atoms with Gasteiger partial charge in [0.2, 0.25) is 0 Å². The Bertz CT molecular complexity index is 1190. The third-order valence-corrected chi connectivity index (χ3v) is 5.86. The number of nitrogens with one attached hydrogen (secondary N) is 1. The topological polar surface area (TPSA) is 62.6 Å². The standard InChI is InChI=1S/C22H15ClN2O3S2/c1-13-6-9-15(10-7-13)30-19-11-8-14(28-19)12-16-20(26)24-22(29)25(21(16)27)18-5-3-2-4-17(18)23/h2-12H,1H3,(H,24,26,29)/b16-12+. The molecule has 3 aromatic rings. The van der Waals surface area contributed by atoms with Crippen molar-refractivity contribution in [3.05, 3.63) is 82.6 Å². The van der Waals surface area contributed by atoms with Crippen molar-refractivity contribution in [1.29, 1.82) is 0 Å². The molecule has 1 saturated heterocycles. The molecule has 1 fully saturated rings. The van der Waals surface area contributed by atoms with Gasteiger partial charge in [0.25, 0.3) is 11.8 Å². The fourth-order valence-corrected chi connectivity index (χ4v) is 4.11. The summed E-state index contributed by atoms with van der Waals surface area (Å²) in [5.41, 5.74) is 1.48. The molecule has 0 atom stereocenters. The van der Waals surface area contributed by atoms with Gasteiger partial charge in [-0.2, -0.15) is 0 Å². The molecule has 1 aromatic heterocycles. The van der Waals surface area contributed by atoms with Crippen LogP contribution in [0, 0.1) is 6.92 Å². The van der Waals surface area contributed by atoms with E-state index in [4.69, 9.17) is 28.2 Å². The summed E-state index contributed by atoms with van der Waals surface area (Å²) in [7, 11) is 0. The van der Waals surface area contributed by atoms with Gasteiger partial charge in [-0.05, 0) is 61.6 Å². The van der Waals surface area contributed by atoms with Crippen LogP contribution >= 0.6 is 35.6 Å². The fraction of sp³-hybridized carbons (Fsp3) is 0.0455. The Morgan fingerprint density at radius 2 is 1.80 bits per heavy atom. The van der Waals surface area contributed by atoms with Crippen LogP contribution in [0.5, 0.6) is 0 Å². The average Bonchev–Trinajstić information content (AvgIpc) is 3.15. The number of benzene rings is 2. The molecular weight excluding hydrogens is 440 g/mol. The maximum absolute atomic E-state index is 13.0. The van der Waals surface area contributed by atoms with Crippen LogP contribution < -0.4 is 10.2 Å². The van der Waals surface area contributed by atoms with Gasteiger partial charge in [-0.15, -0.1) is 0 Å². The van der Waals surface area contributed by atoms with Crippen molar-refractivity contribution in [2.75, 3.05) is 4.90 Å². The quantitative estimate of drug-likeness (QED) is 0.332. The first-order chi connectivity index (χ1) is 14.4. The number of carbonyl (C=O) groups is 2. The molecule has 5 nitrogen and oxygen atoms in total. The van der Waals surface area contributed by atoms with Gasteiger partial charge in [-0.1, -0.05) is 53.2 Å². The lowest BCUT2D eigenvalue weighted by molar-refractivity contribution is -0.122. The Morgan fingerprint density at radius 1 is 1.07 bits per heavy atom. The summed E-state index contributed by atoms with van der Waals surface area (Å²) in [5, 5.41) is 3.50. The number of anilines is 1. The van der Waals surface area contributed by atoms with Gasteiger partial charge < -0.3 is 4.42 Å². The molecule has 0 bridgehead atoms. The van der Waals surface area contributed by atoms with Crippen LogP contribution in [-0.4, -0.2) is 16.9 Å². The number of nitrogens with zero attached hydrogens (tertiary/aromatic N) is 1. The minimum Gasteiger partial charge on any atom is -0.450 e. The number of amides is 2. The maximum atomic E-state index is 13.0. The molecule has 4 rings (SSSR count). The molecule has 0 spiro atoms. The molecule has 1 aliphatic heterocycles. The largest absolute Gasteiger partial charge is 0.450 e. The Balaban J connectivity index is 1.61. The SMILES string of the molecule is Cc1ccc(Sc2ccc(/C=C3\C(=O)NC(=S)N(c4ccccc4Cl)C3=O)o2)cc1. The first kappa shape index (κ1) is 20.4. The minimum absolute atomic E-state index is 0.0229. The highest BCUT2D eigenvalue weighted by Crippen LogP contribution is 2.31. The van der Waals surface area contributed by atoms with Gasteiger partial charge in [0.1, 0.15) is 11.3 Å². The van der Waals surface area contributed by atoms with Gasteiger partial charge >= 0.3 is 0 Å². The zero-order chi connectivity index (χ0) is 21.3. The van der Waals surface area contributed by atoms with Crippen molar-refractivity contribution >= 4 is 64.3 Å². The molecule has 2 aromatic carbocycles. The Kier molecular flexibility index (Phi) is 5.76. The molecule has 0 aliphatic carbocycles. The molecule has 1 aliphatic rings. The lowest BCUT2D eigenvalue weighted by Gasteiger charge is -2.29. The van der Waals surface area contributed by atoms with E-state index in [9.17, 15) is 9.59 Å². The predicted molar refractivity (Wildman–Crippen MR) is 122 cm³/mol. The summed E-state index contributed by atoms with van der Waals surface area (Å²) in [6.07, 6.45) is 1.41. The van der Waals surface area contributed by atoms with Gasteiger partial charge in [-0.25, -0.2) is 0 Å². The van der Waals surface area contributed by atoms with Gasteiger partial charge in [0, 0.05) is 4.90 Å². The first-order valence-corrected chi connectivity index (χ1v) is 10.5. The predicted octanol–water partition coefficient (Wildman–Crippen LogP) is 5.22. The van der Waals surface area contributed by atoms with Crippen LogP contribution in [0.2, 0.25) is 5.02 Å². The number of carbonyl (C=O) groups excluding carboxylic acids is 2. The summed E-state index contributed by atoms with van der Waals surface area (Å²) in [4.78, 5) is 27.7. The second-order valence-corrected chi connectivity index (χ2v) is 8.35. The van der Waals surface area contributed by atoms with E-state index in [1.165, 1.54) is 28.3 Å². The molecule has 0 radical (unpaired) electrons. The lowest BCUT2D eigenvalue weighted by atomic mass is 10.1. The smallest absolute Gasteiger partial charge is 0.270 e. The van der Waals surface area contributed by atoms with E-state index in [1.54, 1.807) is 36.4 Å². The minimum atomic E-state index is -0.586. The highest BCUT2D eigenvalue weighted by molar-refractivity contribution is 7.99. The van der Waals surface area contributed by atoms with Gasteiger partial charge in [0.05, 0.1) is 10.7 Å². The molecule has 0 saturated carbocycles. The van der Waals surface area contributed by atoms with E-state index < -0.39 is 11.8 Å². The van der Waals surface area contributed by atoms with Crippen LogP contribution in [0.15, 0.2) is 80.6 Å². The third kappa shape index (κ3) is 4.18. The van der Waals surface area contributed by atoms with Crippen LogP contribution in [-0.2, 0) is 9.59 Å². The number of para-hydroxylation sites is 1. The number of hydrogen-bond acceptors (Lipinski definition) is 5. The molecule has 150 valence electrons. The van der Waals surface area contributed by atoms with Crippen molar-refractivity contribution in [3.63, 3.8) is 0 Å². The van der Waals surface area contributed by atoms with Crippen molar-refractivity contribution in [2.24, 2.45) is 0 Å². The zero-order valence-electron chi connectivity index (χ0n) is 15.7. The van der Waals surface area contributed by atoms with Crippen molar-refractivity contribution in [1.82, 2.24) is 5.32 Å². The van der Waals surface area contributed by atoms with E-state index in [-0.39, 0.29) is 10.7 Å². The highest BCUT2D eigenvalue weighted by Gasteiger charge is 2.35. The number of hydrogen-bond donors (Lipinski definition) is 1. The lowest BCUT2D eigenvalue weighted by Crippen LogP contribution is -2.54. The van der Waals surface area contributed by atoms with E-state index in [0.29, 0.717) is 21.6 Å². The fourth-order valence-electron chi connectivity index (χ4n) is 2.84. The average molecular weight is 455 g/mol. The number of thiocarbonyl (C=S) groups is 1. The Morgan fingerprint density at radius 3 is 2.53 bits per heavy atom. The summed E-state index contributed by atoms with van der Waals surface area (Å²) in [5.74, 6) is -0.770. The Labute approximate surface area is 187 Å². The normalized spacial score (nSPS) is 15.6. The summed E-state index contributed by atoms with van der Waals surface area (Å²) < 4.78 is 5.79. The second kappa shape index (κ2) is 8.47. The van der Waals surface area contributed by atoms with Crippen LogP contribution in [0.3, 0.4) is 0 Å². The van der Waals surface area contributed by atoms with Gasteiger partial charge in [-0.3, -0.25) is 19.8 Å². The molecular formula is C22H15ClN2O3S2. The van der Waals surface area contributed by atoms with Crippen molar-refractivity contribution in [2.45, 2.75) is 16.9 Å². The maximum Gasteiger partial charge on any atom is 0.270 e. The second-order valence-electron chi connectivity index (χ2n) is 6.48. The zero-order valence-corrected chi connectivity index (χ0v) is 18.1. The third-order valence-electron chi connectivity index (χ3n) is 4.32. The summed E-state index contributed by atoms with van der Waals surface area (Å²) in [6.45, 7) is 2.02. The van der Waals surface area contributed by atoms with Gasteiger partial charge in [0.15, 0.2) is 10.2 Å². The Hall–Kier alpha value is -2.87. The molecule has 8 heteroatoms. The number of furan rings is 1. The first-order valence-electron chi connectivity index (χ1n) is 8.93. The van der Waals surface area contributed by atoms with E-state index in [1.807, 2.05) is 31.2 Å². The van der Waals surface area contributed by atoms with Crippen molar-refractivity contribution in [3.8, 4) is 0 Å². The van der Waals surface area contributed by atoms with E-state index >= 15 is 0 Å². The van der Waals surface area contributed by atoms with E-state index in [0.717, 1.165) is 4.90 Å². The number of rotatable bonds is 4. The summed E-state index contributed by atoms with van der Waals surface area (Å²) >= 11 is 12.9. The molecule has 0 unspecified atom stereocenters. The van der Waals surface area contributed by atoms with Crippen LogP contribution in [0.4, 0.5) is 5.69 Å². The van der Waals surface area contributed by atoms with Crippen molar-refractivity contribution < 1.29 is 14.0 Å². The molecule has 2 heterocycles. The highest BCUT2D eigenvalue weighted by atomic mass is 35.5. The van der Waals surface area contributed by atoms with Crippen LogP contribution in [0.25, 0.3) is 6.08 Å². The monoisotopic (exact) mass is 454 g/mol. The number of halogens is 1. The van der Waals surface area contributed by atoms with Crippen LogP contribution in [0.1, 0.15) is 11.3 Å².